The molecule has 0 amide bonds. The molecule has 0 aromatic heterocycles. The summed E-state index contributed by atoms with van der Waals surface area (Å²) in [5, 5.41) is 21.4. The Morgan fingerprint density at radius 3 is 1.12 bits per heavy atom. The van der Waals surface area contributed by atoms with E-state index in [0.29, 0.717) is 23.3 Å². The lowest BCUT2D eigenvalue weighted by Gasteiger charge is -2.29. The minimum Gasteiger partial charge on any atom is -0.508 e. The van der Waals surface area contributed by atoms with Crippen molar-refractivity contribution in [2.24, 2.45) is 0 Å². The van der Waals surface area contributed by atoms with Crippen molar-refractivity contribution in [1.82, 2.24) is 0 Å². The van der Waals surface area contributed by atoms with Gasteiger partial charge < -0.3 is 10.2 Å². The van der Waals surface area contributed by atoms with E-state index in [9.17, 15) is 10.2 Å². The summed E-state index contributed by atoms with van der Waals surface area (Å²) in [7, 11) is 0. The van der Waals surface area contributed by atoms with E-state index in [1.165, 1.54) is 64.2 Å². The molecule has 0 unspecified atom stereocenters. The van der Waals surface area contributed by atoms with Crippen molar-refractivity contribution < 1.29 is 10.2 Å². The topological polar surface area (TPSA) is 40.5 Å². The second-order valence-corrected chi connectivity index (χ2v) is 8.02. The molecule has 24 heavy (non-hydrogen) atoms. The SMILES string of the molecule is Oc1ccc(O)c(C2CCCCCCC2)c1C1CCCCCCC1. The van der Waals surface area contributed by atoms with E-state index in [1.54, 1.807) is 12.1 Å². The average molecular weight is 331 g/mol. The zero-order valence-corrected chi connectivity index (χ0v) is 15.1. The molecular weight excluding hydrogens is 296 g/mol. The van der Waals surface area contributed by atoms with Crippen LogP contribution >= 0.6 is 0 Å². The van der Waals surface area contributed by atoms with Gasteiger partial charge in [0, 0.05) is 11.1 Å². The standard InChI is InChI=1S/C22H34O2/c23-19-15-16-20(24)22(18-13-9-5-2-6-10-14-18)21(19)17-11-7-3-1-4-8-12-17/h15-18,23-24H,1-14H2. The molecule has 0 saturated heterocycles. The minimum atomic E-state index is 0.426. The van der Waals surface area contributed by atoms with Crippen molar-refractivity contribution in [2.75, 3.05) is 0 Å². The van der Waals surface area contributed by atoms with Crippen molar-refractivity contribution >= 4 is 0 Å². The molecule has 0 spiro atoms. The summed E-state index contributed by atoms with van der Waals surface area (Å²) >= 11 is 0. The van der Waals surface area contributed by atoms with Crippen LogP contribution in [0, 0.1) is 0 Å². The third kappa shape index (κ3) is 4.26. The molecule has 3 rings (SSSR count). The lowest BCUT2D eigenvalue weighted by atomic mass is 9.77. The Morgan fingerprint density at radius 2 is 0.792 bits per heavy atom. The number of hydrogen-bond acceptors (Lipinski definition) is 2. The maximum Gasteiger partial charge on any atom is 0.119 e. The third-order valence-corrected chi connectivity index (χ3v) is 6.27. The highest BCUT2D eigenvalue weighted by molar-refractivity contribution is 5.51. The predicted molar refractivity (Wildman–Crippen MR) is 99.9 cm³/mol. The van der Waals surface area contributed by atoms with E-state index >= 15 is 0 Å². The fourth-order valence-corrected chi connectivity index (χ4v) is 4.96. The Labute approximate surface area is 147 Å². The Morgan fingerprint density at radius 1 is 0.500 bits per heavy atom. The number of hydrogen-bond donors (Lipinski definition) is 2. The van der Waals surface area contributed by atoms with Crippen LogP contribution in [0.15, 0.2) is 12.1 Å². The highest BCUT2D eigenvalue weighted by atomic mass is 16.3. The maximum absolute atomic E-state index is 10.7. The first kappa shape index (κ1) is 17.6. The van der Waals surface area contributed by atoms with Crippen molar-refractivity contribution in [2.45, 2.75) is 102 Å². The van der Waals surface area contributed by atoms with Crippen LogP contribution in [0.1, 0.15) is 113 Å². The van der Waals surface area contributed by atoms with Crippen molar-refractivity contribution in [1.29, 1.82) is 0 Å². The van der Waals surface area contributed by atoms with Gasteiger partial charge in [-0.3, -0.25) is 0 Å². The van der Waals surface area contributed by atoms with Crippen LogP contribution < -0.4 is 0 Å². The molecule has 1 aromatic carbocycles. The van der Waals surface area contributed by atoms with E-state index in [-0.39, 0.29) is 0 Å². The molecule has 1 aromatic rings. The second-order valence-electron chi connectivity index (χ2n) is 8.02. The molecule has 2 aliphatic rings. The minimum absolute atomic E-state index is 0.426. The number of benzene rings is 1. The Bertz CT molecular complexity index is 460. The molecule has 2 N–H and O–H groups in total. The van der Waals surface area contributed by atoms with Gasteiger partial charge >= 0.3 is 0 Å². The number of phenolic OH excluding ortho intramolecular Hbond substituents is 2. The molecule has 2 saturated carbocycles. The summed E-state index contributed by atoms with van der Waals surface area (Å²) in [6.45, 7) is 0. The summed E-state index contributed by atoms with van der Waals surface area (Å²) in [5.41, 5.74) is 2.20. The van der Waals surface area contributed by atoms with Crippen LogP contribution in [0.2, 0.25) is 0 Å². The Balaban J connectivity index is 1.92. The quantitative estimate of drug-likeness (QED) is 0.588. The lowest BCUT2D eigenvalue weighted by Crippen LogP contribution is -2.11. The van der Waals surface area contributed by atoms with Gasteiger partial charge in [-0.25, -0.2) is 0 Å². The van der Waals surface area contributed by atoms with E-state index < -0.39 is 0 Å². The number of phenols is 2. The summed E-state index contributed by atoms with van der Waals surface area (Å²) in [6, 6.07) is 3.44. The first-order chi connectivity index (χ1) is 11.8. The van der Waals surface area contributed by atoms with Gasteiger partial charge in [0.25, 0.3) is 0 Å². The van der Waals surface area contributed by atoms with Gasteiger partial charge in [0.05, 0.1) is 0 Å². The first-order valence-corrected chi connectivity index (χ1v) is 10.3. The highest BCUT2D eigenvalue weighted by Gasteiger charge is 2.27. The molecule has 0 aliphatic heterocycles. The monoisotopic (exact) mass is 330 g/mol. The molecule has 2 nitrogen and oxygen atoms in total. The average Bonchev–Trinajstić information content (AvgIpc) is 2.50. The summed E-state index contributed by atoms with van der Waals surface area (Å²) < 4.78 is 0. The molecule has 2 aliphatic carbocycles. The fraction of sp³-hybridized carbons (Fsp3) is 0.727. The zero-order chi connectivity index (χ0) is 16.8. The number of rotatable bonds is 2. The third-order valence-electron chi connectivity index (χ3n) is 6.27. The van der Waals surface area contributed by atoms with E-state index in [0.717, 1.165) is 36.8 Å². The fourth-order valence-electron chi connectivity index (χ4n) is 4.96. The summed E-state index contributed by atoms with van der Waals surface area (Å²) in [5.74, 6) is 1.71. The van der Waals surface area contributed by atoms with Crippen LogP contribution in [0.4, 0.5) is 0 Å². The molecule has 134 valence electrons. The predicted octanol–water partition coefficient (Wildman–Crippen LogP) is 6.75. The molecule has 0 heterocycles. The molecule has 2 heteroatoms. The summed E-state index contributed by atoms with van der Waals surface area (Å²) in [4.78, 5) is 0. The van der Waals surface area contributed by atoms with Crippen LogP contribution in [-0.2, 0) is 0 Å². The van der Waals surface area contributed by atoms with Gasteiger partial charge in [-0.1, -0.05) is 64.2 Å². The number of aromatic hydroxyl groups is 2. The molecule has 0 atom stereocenters. The van der Waals surface area contributed by atoms with Gasteiger partial charge in [0.15, 0.2) is 0 Å². The van der Waals surface area contributed by atoms with Crippen molar-refractivity contribution in [3.05, 3.63) is 23.3 Å². The smallest absolute Gasteiger partial charge is 0.119 e. The van der Waals surface area contributed by atoms with Gasteiger partial charge in [0.2, 0.25) is 0 Å². The van der Waals surface area contributed by atoms with Crippen LogP contribution in [0.5, 0.6) is 11.5 Å². The molecular formula is C22H34O2. The lowest BCUT2D eigenvalue weighted by molar-refractivity contribution is 0.393. The highest BCUT2D eigenvalue weighted by Crippen LogP contribution is 2.46. The van der Waals surface area contributed by atoms with Crippen LogP contribution in [-0.4, -0.2) is 10.2 Å². The molecule has 0 bridgehead atoms. The van der Waals surface area contributed by atoms with E-state index in [4.69, 9.17) is 0 Å². The van der Waals surface area contributed by atoms with Gasteiger partial charge in [-0.05, 0) is 49.7 Å². The Kier molecular flexibility index (Phi) is 6.45. The van der Waals surface area contributed by atoms with Crippen molar-refractivity contribution in [3.63, 3.8) is 0 Å². The first-order valence-electron chi connectivity index (χ1n) is 10.3. The van der Waals surface area contributed by atoms with Gasteiger partial charge in [-0.15, -0.1) is 0 Å². The van der Waals surface area contributed by atoms with Gasteiger partial charge in [-0.2, -0.15) is 0 Å². The largest absolute Gasteiger partial charge is 0.508 e. The Hall–Kier alpha value is -1.18. The molecule has 2 fully saturated rings. The second kappa shape index (κ2) is 8.78. The van der Waals surface area contributed by atoms with Crippen LogP contribution in [0.25, 0.3) is 0 Å². The van der Waals surface area contributed by atoms with Crippen LogP contribution in [0.3, 0.4) is 0 Å². The van der Waals surface area contributed by atoms with Crippen molar-refractivity contribution in [3.8, 4) is 11.5 Å². The normalized spacial score (nSPS) is 22.3. The molecule has 0 radical (unpaired) electrons. The van der Waals surface area contributed by atoms with Gasteiger partial charge in [0.1, 0.15) is 11.5 Å². The zero-order valence-electron chi connectivity index (χ0n) is 15.1. The summed E-state index contributed by atoms with van der Waals surface area (Å²) in [6.07, 6.45) is 17.6. The van der Waals surface area contributed by atoms with E-state index in [2.05, 4.69) is 0 Å². The van der Waals surface area contributed by atoms with E-state index in [1.807, 2.05) is 0 Å². The maximum atomic E-state index is 10.7.